The van der Waals surface area contributed by atoms with Gasteiger partial charge in [0, 0.05) is 56.0 Å². The van der Waals surface area contributed by atoms with Crippen molar-refractivity contribution in [2.24, 2.45) is 0 Å². The minimum atomic E-state index is -0.527. The molecule has 0 atom stereocenters. The second-order valence-electron chi connectivity index (χ2n) is 7.98. The normalized spacial score (nSPS) is 14.0. The highest BCUT2D eigenvalue weighted by atomic mass is 35.5. The van der Waals surface area contributed by atoms with E-state index in [4.69, 9.17) is 26.8 Å². The number of nitrogen functional groups attached to an aromatic ring is 1. The number of hydrogen-bond acceptors (Lipinski definition) is 7. The van der Waals surface area contributed by atoms with Crippen molar-refractivity contribution in [1.29, 1.82) is 0 Å². The Morgan fingerprint density at radius 2 is 1.79 bits per heavy atom. The molecule has 7 nitrogen and oxygen atoms in total. The van der Waals surface area contributed by atoms with Crippen molar-refractivity contribution >= 4 is 29.1 Å². The highest BCUT2D eigenvalue weighted by Crippen LogP contribution is 2.31. The molecule has 1 aromatic heterocycles. The lowest BCUT2D eigenvalue weighted by Gasteiger charge is -2.36. The molecule has 2 aromatic carbocycles. The first-order chi connectivity index (χ1) is 16.5. The number of anilines is 2. The molecule has 1 fully saturated rings. The standard InChI is InChI=1S/C26H27ClN4O3/c1-2-25(32)34-22-5-3-4-21(16-22)33-23-17-24(26(28)29-18-23)31-14-12-30(13-15-31)11-10-19-6-8-20(27)9-7-19/h2-9,16-18H,1,10-15H2,(H2,28,29). The maximum Gasteiger partial charge on any atom is 0.335 e. The first-order valence-corrected chi connectivity index (χ1v) is 11.5. The molecule has 0 bridgehead atoms. The van der Waals surface area contributed by atoms with Crippen molar-refractivity contribution in [2.45, 2.75) is 6.42 Å². The quantitative estimate of drug-likeness (QED) is 0.288. The molecule has 8 heteroatoms. The number of esters is 1. The highest BCUT2D eigenvalue weighted by Gasteiger charge is 2.20. The Bertz CT molecular complexity index is 1150. The van der Waals surface area contributed by atoms with Gasteiger partial charge < -0.3 is 20.1 Å². The summed E-state index contributed by atoms with van der Waals surface area (Å²) in [5, 5.41) is 0.763. The minimum absolute atomic E-state index is 0.376. The summed E-state index contributed by atoms with van der Waals surface area (Å²) >= 11 is 5.97. The van der Waals surface area contributed by atoms with Crippen molar-refractivity contribution in [3.8, 4) is 17.2 Å². The summed E-state index contributed by atoms with van der Waals surface area (Å²) in [4.78, 5) is 20.4. The van der Waals surface area contributed by atoms with Crippen LogP contribution >= 0.6 is 11.6 Å². The fourth-order valence-electron chi connectivity index (χ4n) is 3.80. The van der Waals surface area contributed by atoms with Crippen LogP contribution in [-0.2, 0) is 11.2 Å². The van der Waals surface area contributed by atoms with Crippen molar-refractivity contribution in [2.75, 3.05) is 43.4 Å². The van der Waals surface area contributed by atoms with E-state index in [0.29, 0.717) is 23.1 Å². The number of piperazine rings is 1. The van der Waals surface area contributed by atoms with Crippen LogP contribution in [0.15, 0.2) is 73.4 Å². The molecule has 34 heavy (non-hydrogen) atoms. The van der Waals surface area contributed by atoms with Gasteiger partial charge in [-0.1, -0.05) is 36.4 Å². The van der Waals surface area contributed by atoms with Crippen LogP contribution < -0.4 is 20.1 Å². The number of benzene rings is 2. The minimum Gasteiger partial charge on any atom is -0.456 e. The van der Waals surface area contributed by atoms with Crippen molar-refractivity contribution in [3.05, 3.63) is 84.0 Å². The number of carbonyl (C=O) groups is 1. The Hall–Kier alpha value is -3.55. The SMILES string of the molecule is C=CC(=O)Oc1cccc(Oc2cnc(N)c(N3CCN(CCc4ccc(Cl)cc4)CC3)c2)c1. The zero-order valence-electron chi connectivity index (χ0n) is 18.8. The third kappa shape index (κ3) is 6.27. The highest BCUT2D eigenvalue weighted by molar-refractivity contribution is 6.30. The lowest BCUT2D eigenvalue weighted by Crippen LogP contribution is -2.47. The summed E-state index contributed by atoms with van der Waals surface area (Å²) in [6.07, 6.45) is 3.69. The van der Waals surface area contributed by atoms with Gasteiger partial charge >= 0.3 is 5.97 Å². The van der Waals surface area contributed by atoms with Gasteiger partial charge in [0.05, 0.1) is 11.9 Å². The van der Waals surface area contributed by atoms with Gasteiger partial charge in [0.25, 0.3) is 0 Å². The maximum absolute atomic E-state index is 11.4. The number of nitrogens with two attached hydrogens (primary N) is 1. The van der Waals surface area contributed by atoms with Gasteiger partial charge in [-0.2, -0.15) is 0 Å². The zero-order valence-corrected chi connectivity index (χ0v) is 19.6. The first-order valence-electron chi connectivity index (χ1n) is 11.1. The van der Waals surface area contributed by atoms with E-state index < -0.39 is 5.97 Å². The molecular formula is C26H27ClN4O3. The molecule has 0 saturated carbocycles. The molecular weight excluding hydrogens is 452 g/mol. The average Bonchev–Trinajstić information content (AvgIpc) is 2.85. The van der Waals surface area contributed by atoms with E-state index in [1.54, 1.807) is 30.5 Å². The van der Waals surface area contributed by atoms with Gasteiger partial charge in [-0.3, -0.25) is 4.90 Å². The molecule has 2 heterocycles. The van der Waals surface area contributed by atoms with Gasteiger partial charge in [0.1, 0.15) is 23.1 Å². The number of rotatable bonds is 8. The molecule has 1 aliphatic heterocycles. The fourth-order valence-corrected chi connectivity index (χ4v) is 3.93. The molecule has 4 rings (SSSR count). The van der Waals surface area contributed by atoms with E-state index in [2.05, 4.69) is 33.5 Å². The Labute approximate surface area is 204 Å². The summed E-state index contributed by atoms with van der Waals surface area (Å²) in [6.45, 7) is 7.98. The van der Waals surface area contributed by atoms with Gasteiger partial charge in [-0.05, 0) is 36.2 Å². The molecule has 0 aliphatic carbocycles. The predicted molar refractivity (Wildman–Crippen MR) is 135 cm³/mol. The van der Waals surface area contributed by atoms with Crippen LogP contribution in [0.3, 0.4) is 0 Å². The number of hydrogen-bond donors (Lipinski definition) is 1. The Kier molecular flexibility index (Phi) is 7.67. The maximum atomic E-state index is 11.4. The van der Waals surface area contributed by atoms with E-state index in [1.165, 1.54) is 5.56 Å². The second kappa shape index (κ2) is 11.0. The summed E-state index contributed by atoms with van der Waals surface area (Å²) in [6, 6.07) is 16.8. The second-order valence-corrected chi connectivity index (χ2v) is 8.42. The Morgan fingerprint density at radius 3 is 2.53 bits per heavy atom. The van der Waals surface area contributed by atoms with Crippen LogP contribution in [0.25, 0.3) is 0 Å². The molecule has 1 aliphatic rings. The first kappa shape index (κ1) is 23.6. The molecule has 3 aromatic rings. The van der Waals surface area contributed by atoms with E-state index in [-0.39, 0.29) is 0 Å². The number of pyridine rings is 1. The number of aromatic nitrogens is 1. The van der Waals surface area contributed by atoms with E-state index >= 15 is 0 Å². The van der Waals surface area contributed by atoms with Gasteiger partial charge in [-0.15, -0.1) is 0 Å². The van der Waals surface area contributed by atoms with Gasteiger partial charge in [0.15, 0.2) is 0 Å². The fraction of sp³-hybridized carbons (Fsp3) is 0.231. The van der Waals surface area contributed by atoms with Gasteiger partial charge in [0.2, 0.25) is 0 Å². The summed E-state index contributed by atoms with van der Waals surface area (Å²) in [7, 11) is 0. The van der Waals surface area contributed by atoms with Crippen molar-refractivity contribution in [3.63, 3.8) is 0 Å². The molecule has 176 valence electrons. The lowest BCUT2D eigenvalue weighted by atomic mass is 10.1. The molecule has 0 radical (unpaired) electrons. The smallest absolute Gasteiger partial charge is 0.335 e. The molecule has 2 N–H and O–H groups in total. The van der Waals surface area contributed by atoms with E-state index in [0.717, 1.165) is 55.9 Å². The third-order valence-electron chi connectivity index (χ3n) is 5.64. The number of halogens is 1. The monoisotopic (exact) mass is 478 g/mol. The number of nitrogens with zero attached hydrogens (tertiary/aromatic N) is 3. The van der Waals surface area contributed by atoms with Gasteiger partial charge in [-0.25, -0.2) is 9.78 Å². The van der Waals surface area contributed by atoms with Crippen LogP contribution in [0.1, 0.15) is 5.56 Å². The van der Waals surface area contributed by atoms with Crippen LogP contribution in [0.2, 0.25) is 5.02 Å². The number of ether oxygens (including phenoxy) is 2. The third-order valence-corrected chi connectivity index (χ3v) is 5.89. The molecule has 0 amide bonds. The van der Waals surface area contributed by atoms with Crippen LogP contribution in [0, 0.1) is 0 Å². The molecule has 0 spiro atoms. The largest absolute Gasteiger partial charge is 0.456 e. The van der Waals surface area contributed by atoms with E-state index in [9.17, 15) is 4.79 Å². The van der Waals surface area contributed by atoms with Crippen LogP contribution in [0.5, 0.6) is 17.2 Å². The average molecular weight is 479 g/mol. The zero-order chi connectivity index (χ0) is 23.9. The summed E-state index contributed by atoms with van der Waals surface area (Å²) < 4.78 is 11.1. The molecule has 1 saturated heterocycles. The predicted octanol–water partition coefficient (Wildman–Crippen LogP) is 4.57. The van der Waals surface area contributed by atoms with Crippen LogP contribution in [-0.4, -0.2) is 48.6 Å². The van der Waals surface area contributed by atoms with E-state index in [1.807, 2.05) is 18.2 Å². The topological polar surface area (TPSA) is 80.9 Å². The summed E-state index contributed by atoms with van der Waals surface area (Å²) in [5.74, 6) is 1.40. The number of carbonyl (C=O) groups excluding carboxylic acids is 1. The summed E-state index contributed by atoms with van der Waals surface area (Å²) in [5.41, 5.74) is 8.33. The lowest BCUT2D eigenvalue weighted by molar-refractivity contribution is -0.128. The Balaban J connectivity index is 1.35. The Morgan fingerprint density at radius 1 is 1.06 bits per heavy atom. The van der Waals surface area contributed by atoms with Crippen LogP contribution in [0.4, 0.5) is 11.5 Å². The van der Waals surface area contributed by atoms with Crippen molar-refractivity contribution in [1.82, 2.24) is 9.88 Å². The molecule has 0 unspecified atom stereocenters. The van der Waals surface area contributed by atoms with Crippen molar-refractivity contribution < 1.29 is 14.3 Å².